The quantitative estimate of drug-likeness (QED) is 0.842. The highest BCUT2D eigenvalue weighted by atomic mass is 35.5. The van der Waals surface area contributed by atoms with E-state index < -0.39 is 0 Å². The predicted octanol–water partition coefficient (Wildman–Crippen LogP) is 1.80. The highest BCUT2D eigenvalue weighted by Crippen LogP contribution is 2.17. The third-order valence-corrected chi connectivity index (χ3v) is 2.02. The van der Waals surface area contributed by atoms with Crippen LogP contribution in [0.1, 0.15) is 18.8 Å². The smallest absolute Gasteiger partial charge is 0.276 e. The summed E-state index contributed by atoms with van der Waals surface area (Å²) < 4.78 is 5.01. The van der Waals surface area contributed by atoms with Crippen molar-refractivity contribution in [3.05, 3.63) is 29.2 Å². The second-order valence-corrected chi connectivity index (χ2v) is 3.54. The molecule has 0 saturated carbocycles. The Morgan fingerprint density at radius 3 is 2.80 bits per heavy atom. The van der Waals surface area contributed by atoms with Crippen LogP contribution >= 0.6 is 11.6 Å². The van der Waals surface area contributed by atoms with Crippen LogP contribution < -0.4 is 5.73 Å². The van der Waals surface area contributed by atoms with Crippen molar-refractivity contribution in [2.24, 2.45) is 5.73 Å². The van der Waals surface area contributed by atoms with Gasteiger partial charge in [0.25, 0.3) is 5.89 Å². The number of pyridine rings is 1. The topological polar surface area (TPSA) is 77.8 Å². The Balaban J connectivity index is 2.33. The monoisotopic (exact) mass is 224 g/mol. The van der Waals surface area contributed by atoms with Crippen LogP contribution in [0.2, 0.25) is 5.02 Å². The average Bonchev–Trinajstić information content (AvgIpc) is 2.68. The molecule has 2 rings (SSSR count). The minimum absolute atomic E-state index is 0.255. The van der Waals surface area contributed by atoms with Crippen LogP contribution in [0.4, 0.5) is 0 Å². The zero-order chi connectivity index (χ0) is 10.8. The molecular weight excluding hydrogens is 216 g/mol. The van der Waals surface area contributed by atoms with E-state index in [1.807, 2.05) is 0 Å². The van der Waals surface area contributed by atoms with Crippen molar-refractivity contribution in [2.45, 2.75) is 13.0 Å². The van der Waals surface area contributed by atoms with E-state index >= 15 is 0 Å². The standard InChI is InChI=1S/C9H9ClN4O/c1-5(11)8-13-9(15-14-8)7-3-2-6(10)4-12-7/h2-5H,11H2,1H3. The summed E-state index contributed by atoms with van der Waals surface area (Å²) in [4.78, 5) is 8.15. The maximum absolute atomic E-state index is 5.71. The van der Waals surface area contributed by atoms with E-state index in [1.54, 1.807) is 19.1 Å². The first-order chi connectivity index (χ1) is 7.16. The summed E-state index contributed by atoms with van der Waals surface area (Å²) in [5, 5.41) is 4.29. The van der Waals surface area contributed by atoms with E-state index in [9.17, 15) is 0 Å². The van der Waals surface area contributed by atoms with Crippen molar-refractivity contribution in [1.82, 2.24) is 15.1 Å². The molecule has 6 heteroatoms. The van der Waals surface area contributed by atoms with Crippen LogP contribution in [-0.2, 0) is 0 Å². The van der Waals surface area contributed by atoms with E-state index in [4.69, 9.17) is 21.9 Å². The molecule has 0 aliphatic carbocycles. The molecule has 0 bridgehead atoms. The van der Waals surface area contributed by atoms with Gasteiger partial charge in [-0.05, 0) is 19.1 Å². The molecule has 0 spiro atoms. The van der Waals surface area contributed by atoms with Crippen molar-refractivity contribution < 1.29 is 4.52 Å². The molecule has 0 saturated heterocycles. The molecule has 15 heavy (non-hydrogen) atoms. The summed E-state index contributed by atoms with van der Waals surface area (Å²) in [5.41, 5.74) is 6.18. The van der Waals surface area contributed by atoms with Crippen LogP contribution in [0.15, 0.2) is 22.9 Å². The van der Waals surface area contributed by atoms with Gasteiger partial charge in [0.2, 0.25) is 0 Å². The Bertz CT molecular complexity index is 451. The SMILES string of the molecule is CC(N)c1noc(-c2ccc(Cl)cn2)n1. The van der Waals surface area contributed by atoms with Gasteiger partial charge in [-0.25, -0.2) is 4.98 Å². The van der Waals surface area contributed by atoms with Gasteiger partial charge in [-0.15, -0.1) is 0 Å². The van der Waals surface area contributed by atoms with Crippen molar-refractivity contribution >= 4 is 11.6 Å². The summed E-state index contributed by atoms with van der Waals surface area (Å²) in [5.74, 6) is 0.806. The molecule has 0 aromatic carbocycles. The predicted molar refractivity (Wildman–Crippen MR) is 55.1 cm³/mol. The zero-order valence-electron chi connectivity index (χ0n) is 8.01. The van der Waals surface area contributed by atoms with Crippen molar-refractivity contribution in [3.8, 4) is 11.6 Å². The summed E-state index contributed by atoms with van der Waals surface area (Å²) in [6, 6.07) is 3.16. The number of halogens is 1. The molecular formula is C9H9ClN4O. The molecule has 0 aliphatic heterocycles. The molecule has 2 heterocycles. The largest absolute Gasteiger partial charge is 0.332 e. The lowest BCUT2D eigenvalue weighted by Gasteiger charge is -1.94. The highest BCUT2D eigenvalue weighted by Gasteiger charge is 2.12. The van der Waals surface area contributed by atoms with Gasteiger partial charge in [0.1, 0.15) is 5.69 Å². The number of nitrogens with zero attached hydrogens (tertiary/aromatic N) is 3. The van der Waals surface area contributed by atoms with Crippen LogP contribution in [0.3, 0.4) is 0 Å². The fourth-order valence-corrected chi connectivity index (χ4v) is 1.14. The van der Waals surface area contributed by atoms with Gasteiger partial charge >= 0.3 is 0 Å². The fraction of sp³-hybridized carbons (Fsp3) is 0.222. The molecule has 0 amide bonds. The molecule has 1 atom stereocenters. The lowest BCUT2D eigenvalue weighted by molar-refractivity contribution is 0.417. The Morgan fingerprint density at radius 2 is 2.27 bits per heavy atom. The van der Waals surface area contributed by atoms with Gasteiger partial charge in [-0.1, -0.05) is 16.8 Å². The first-order valence-electron chi connectivity index (χ1n) is 4.38. The first-order valence-corrected chi connectivity index (χ1v) is 4.75. The molecule has 2 N–H and O–H groups in total. The van der Waals surface area contributed by atoms with Gasteiger partial charge in [-0.3, -0.25) is 0 Å². The normalized spacial score (nSPS) is 12.7. The van der Waals surface area contributed by atoms with Gasteiger partial charge < -0.3 is 10.3 Å². The summed E-state index contributed by atoms with van der Waals surface area (Å²) in [6.45, 7) is 1.78. The fourth-order valence-electron chi connectivity index (χ4n) is 1.03. The molecule has 2 aromatic heterocycles. The average molecular weight is 225 g/mol. The maximum Gasteiger partial charge on any atom is 0.276 e. The van der Waals surface area contributed by atoms with E-state index in [0.29, 0.717) is 22.4 Å². The van der Waals surface area contributed by atoms with Crippen LogP contribution in [0.5, 0.6) is 0 Å². The number of hydrogen-bond donors (Lipinski definition) is 1. The number of rotatable bonds is 2. The summed E-state index contributed by atoms with van der Waals surface area (Å²) >= 11 is 5.71. The highest BCUT2D eigenvalue weighted by molar-refractivity contribution is 6.30. The van der Waals surface area contributed by atoms with Gasteiger partial charge in [0.15, 0.2) is 5.82 Å². The van der Waals surface area contributed by atoms with Gasteiger partial charge in [-0.2, -0.15) is 4.98 Å². The lowest BCUT2D eigenvalue weighted by atomic mass is 10.3. The van der Waals surface area contributed by atoms with E-state index in [-0.39, 0.29) is 6.04 Å². The van der Waals surface area contributed by atoms with Crippen LogP contribution in [0.25, 0.3) is 11.6 Å². The Labute approximate surface area is 91.3 Å². The van der Waals surface area contributed by atoms with E-state index in [0.717, 1.165) is 0 Å². The first kappa shape index (κ1) is 10.1. The van der Waals surface area contributed by atoms with E-state index in [2.05, 4.69) is 15.1 Å². The molecule has 78 valence electrons. The van der Waals surface area contributed by atoms with Crippen LogP contribution in [-0.4, -0.2) is 15.1 Å². The summed E-state index contributed by atoms with van der Waals surface area (Å²) in [6.07, 6.45) is 1.52. The van der Waals surface area contributed by atoms with Crippen molar-refractivity contribution in [1.29, 1.82) is 0 Å². The van der Waals surface area contributed by atoms with Crippen molar-refractivity contribution in [3.63, 3.8) is 0 Å². The summed E-state index contributed by atoms with van der Waals surface area (Å²) in [7, 11) is 0. The molecule has 2 aromatic rings. The number of nitrogens with two attached hydrogens (primary N) is 1. The molecule has 1 unspecified atom stereocenters. The Kier molecular flexibility index (Phi) is 2.66. The zero-order valence-corrected chi connectivity index (χ0v) is 8.77. The van der Waals surface area contributed by atoms with Crippen molar-refractivity contribution in [2.75, 3.05) is 0 Å². The molecule has 0 fully saturated rings. The van der Waals surface area contributed by atoms with Gasteiger partial charge in [0.05, 0.1) is 11.1 Å². The molecule has 0 aliphatic rings. The number of hydrogen-bond acceptors (Lipinski definition) is 5. The minimum atomic E-state index is -0.255. The Morgan fingerprint density at radius 1 is 1.47 bits per heavy atom. The second-order valence-electron chi connectivity index (χ2n) is 3.11. The lowest BCUT2D eigenvalue weighted by Crippen LogP contribution is -2.06. The minimum Gasteiger partial charge on any atom is -0.332 e. The second kappa shape index (κ2) is 3.96. The maximum atomic E-state index is 5.71. The van der Waals surface area contributed by atoms with Crippen LogP contribution in [0, 0.1) is 0 Å². The number of aromatic nitrogens is 3. The third-order valence-electron chi connectivity index (χ3n) is 1.80. The van der Waals surface area contributed by atoms with Gasteiger partial charge in [0, 0.05) is 6.20 Å². The third kappa shape index (κ3) is 2.14. The van der Waals surface area contributed by atoms with E-state index in [1.165, 1.54) is 6.20 Å². The Hall–Kier alpha value is -1.46. The molecule has 0 radical (unpaired) electrons. The molecule has 5 nitrogen and oxygen atoms in total.